The van der Waals surface area contributed by atoms with E-state index in [1.807, 2.05) is 31.2 Å². The molecule has 3 heterocycles. The average molecular weight is 341 g/mol. The Labute approximate surface area is 144 Å². The molecule has 1 aromatic carbocycles. The second-order valence-corrected chi connectivity index (χ2v) is 5.79. The lowest BCUT2D eigenvalue weighted by Crippen LogP contribution is -1.99. The molecule has 1 saturated heterocycles. The predicted molar refractivity (Wildman–Crippen MR) is 90.7 cm³/mol. The number of aromatic nitrogens is 3. The fraction of sp³-hybridized carbons (Fsp3) is 0.389. The van der Waals surface area contributed by atoms with Crippen molar-refractivity contribution >= 4 is 10.9 Å². The van der Waals surface area contributed by atoms with Gasteiger partial charge < -0.3 is 18.7 Å². The number of fused-ring (bicyclic) bond motifs is 1. The number of pyridine rings is 1. The van der Waals surface area contributed by atoms with E-state index in [9.17, 15) is 0 Å². The van der Waals surface area contributed by atoms with Crippen molar-refractivity contribution in [3.63, 3.8) is 0 Å². The van der Waals surface area contributed by atoms with Crippen molar-refractivity contribution < 1.29 is 18.7 Å². The molecule has 7 heteroatoms. The highest BCUT2D eigenvalue weighted by Gasteiger charge is 2.25. The van der Waals surface area contributed by atoms with Crippen LogP contribution < -0.4 is 9.47 Å². The molecule has 1 aliphatic rings. The van der Waals surface area contributed by atoms with E-state index in [4.69, 9.17) is 18.7 Å². The quantitative estimate of drug-likeness (QED) is 0.702. The van der Waals surface area contributed by atoms with Gasteiger partial charge in [0.25, 0.3) is 5.89 Å². The smallest absolute Gasteiger partial charge is 0.256 e. The summed E-state index contributed by atoms with van der Waals surface area (Å²) in [6, 6.07) is 7.63. The molecule has 0 spiro atoms. The van der Waals surface area contributed by atoms with E-state index < -0.39 is 0 Å². The predicted octanol–water partition coefficient (Wildman–Crippen LogP) is 3.54. The maximum atomic E-state index is 5.70. The van der Waals surface area contributed by atoms with Crippen LogP contribution in [0.1, 0.15) is 31.8 Å². The Hall–Kier alpha value is -2.67. The maximum Gasteiger partial charge on any atom is 0.256 e. The molecule has 4 rings (SSSR count). The summed E-state index contributed by atoms with van der Waals surface area (Å²) >= 11 is 0. The van der Waals surface area contributed by atoms with Gasteiger partial charge >= 0.3 is 0 Å². The van der Waals surface area contributed by atoms with Crippen LogP contribution >= 0.6 is 0 Å². The second-order valence-electron chi connectivity index (χ2n) is 5.79. The lowest BCUT2D eigenvalue weighted by molar-refractivity contribution is 0.0835. The number of nitrogens with zero attached hydrogens (tertiary/aromatic N) is 3. The van der Waals surface area contributed by atoms with E-state index in [1.165, 1.54) is 0 Å². The highest BCUT2D eigenvalue weighted by Crippen LogP contribution is 2.34. The largest absolute Gasteiger partial charge is 0.497 e. The third kappa shape index (κ3) is 3.02. The molecule has 7 nitrogen and oxygen atoms in total. The van der Waals surface area contributed by atoms with Crippen LogP contribution in [-0.4, -0.2) is 35.4 Å². The van der Waals surface area contributed by atoms with Crippen molar-refractivity contribution in [2.24, 2.45) is 0 Å². The van der Waals surface area contributed by atoms with Gasteiger partial charge in [-0.1, -0.05) is 5.16 Å². The van der Waals surface area contributed by atoms with Crippen molar-refractivity contribution in [1.82, 2.24) is 15.1 Å². The number of hydrogen-bond acceptors (Lipinski definition) is 7. The van der Waals surface area contributed by atoms with E-state index in [1.54, 1.807) is 7.11 Å². The van der Waals surface area contributed by atoms with Crippen LogP contribution in [0.25, 0.3) is 22.3 Å². The Morgan fingerprint density at radius 1 is 1.24 bits per heavy atom. The van der Waals surface area contributed by atoms with Gasteiger partial charge in [-0.15, -0.1) is 0 Å². The molecule has 0 amide bonds. The van der Waals surface area contributed by atoms with E-state index in [2.05, 4.69) is 15.1 Å². The topological polar surface area (TPSA) is 79.5 Å². The zero-order chi connectivity index (χ0) is 17.2. The number of methoxy groups -OCH3 is 1. The molecule has 0 bridgehead atoms. The first-order valence-corrected chi connectivity index (χ1v) is 8.35. The minimum atomic E-state index is -0.120. The van der Waals surface area contributed by atoms with Crippen molar-refractivity contribution in [2.75, 3.05) is 20.3 Å². The van der Waals surface area contributed by atoms with E-state index in [0.717, 1.165) is 36.1 Å². The summed E-state index contributed by atoms with van der Waals surface area (Å²) in [6.45, 7) is 3.14. The Balaban J connectivity index is 1.79. The molecule has 0 N–H and O–H groups in total. The van der Waals surface area contributed by atoms with Crippen LogP contribution in [0.3, 0.4) is 0 Å². The fourth-order valence-corrected chi connectivity index (χ4v) is 2.92. The van der Waals surface area contributed by atoms with Gasteiger partial charge in [-0.05, 0) is 44.0 Å². The molecule has 2 aromatic heterocycles. The summed E-state index contributed by atoms with van der Waals surface area (Å²) in [5.74, 6) is 2.20. The monoisotopic (exact) mass is 341 g/mol. The molecule has 0 aliphatic carbocycles. The second kappa shape index (κ2) is 6.68. The lowest BCUT2D eigenvalue weighted by Gasteiger charge is -2.09. The minimum Gasteiger partial charge on any atom is -0.497 e. The van der Waals surface area contributed by atoms with Gasteiger partial charge in [-0.2, -0.15) is 4.98 Å². The van der Waals surface area contributed by atoms with Gasteiger partial charge in [0.15, 0.2) is 0 Å². The molecule has 130 valence electrons. The Bertz CT molecular complexity index is 887. The Morgan fingerprint density at radius 3 is 2.92 bits per heavy atom. The molecule has 1 fully saturated rings. The van der Waals surface area contributed by atoms with Crippen LogP contribution in [0.15, 0.2) is 28.8 Å². The fourth-order valence-electron chi connectivity index (χ4n) is 2.92. The summed E-state index contributed by atoms with van der Waals surface area (Å²) in [6.07, 6.45) is 1.78. The Morgan fingerprint density at radius 2 is 2.16 bits per heavy atom. The lowest BCUT2D eigenvalue weighted by atomic mass is 10.1. The van der Waals surface area contributed by atoms with Gasteiger partial charge in [-0.25, -0.2) is 4.98 Å². The third-order valence-electron chi connectivity index (χ3n) is 4.16. The van der Waals surface area contributed by atoms with Crippen LogP contribution in [0.5, 0.6) is 11.6 Å². The van der Waals surface area contributed by atoms with Crippen LogP contribution in [0, 0.1) is 0 Å². The summed E-state index contributed by atoms with van der Waals surface area (Å²) < 4.78 is 22.0. The van der Waals surface area contributed by atoms with Crippen LogP contribution in [0.2, 0.25) is 0 Å². The van der Waals surface area contributed by atoms with Crippen LogP contribution in [0.4, 0.5) is 0 Å². The highest BCUT2D eigenvalue weighted by molar-refractivity contribution is 5.86. The van der Waals surface area contributed by atoms with Crippen molar-refractivity contribution in [3.8, 4) is 23.0 Å². The molecule has 0 radical (unpaired) electrons. The molecular formula is C18H19N3O4. The number of ether oxygens (including phenoxy) is 3. The molecule has 25 heavy (non-hydrogen) atoms. The number of benzene rings is 1. The van der Waals surface area contributed by atoms with E-state index in [0.29, 0.717) is 29.8 Å². The summed E-state index contributed by atoms with van der Waals surface area (Å²) in [5.41, 5.74) is 1.51. The van der Waals surface area contributed by atoms with Crippen molar-refractivity contribution in [3.05, 3.63) is 30.2 Å². The molecular weight excluding hydrogens is 322 g/mol. The average Bonchev–Trinajstić information content (AvgIpc) is 3.32. The number of hydrogen-bond donors (Lipinski definition) is 0. The molecule has 0 saturated carbocycles. The summed E-state index contributed by atoms with van der Waals surface area (Å²) in [7, 11) is 1.64. The SMILES string of the molecule is CCOc1nc2ccc(OC)cc2cc1-c1noc(C2CCCO2)n1. The van der Waals surface area contributed by atoms with Crippen molar-refractivity contribution in [2.45, 2.75) is 25.9 Å². The maximum absolute atomic E-state index is 5.70. The first kappa shape index (κ1) is 15.8. The van der Waals surface area contributed by atoms with Crippen LogP contribution in [-0.2, 0) is 4.74 Å². The van der Waals surface area contributed by atoms with E-state index >= 15 is 0 Å². The highest BCUT2D eigenvalue weighted by atomic mass is 16.5. The molecule has 1 atom stereocenters. The molecule has 3 aromatic rings. The molecule has 1 aliphatic heterocycles. The van der Waals surface area contributed by atoms with E-state index in [-0.39, 0.29) is 6.10 Å². The standard InChI is InChI=1S/C18H19N3O4/c1-3-23-17-13(10-11-9-12(22-2)6-7-14(11)19-17)16-20-18(25-21-16)15-5-4-8-24-15/h6-7,9-10,15H,3-5,8H2,1-2H3. The summed E-state index contributed by atoms with van der Waals surface area (Å²) in [4.78, 5) is 9.09. The Kier molecular flexibility index (Phi) is 4.23. The van der Waals surface area contributed by atoms with Gasteiger partial charge in [0.2, 0.25) is 11.7 Å². The molecule has 1 unspecified atom stereocenters. The summed E-state index contributed by atoms with van der Waals surface area (Å²) in [5, 5.41) is 5.02. The van der Waals surface area contributed by atoms with Gasteiger partial charge in [0, 0.05) is 12.0 Å². The number of rotatable bonds is 5. The van der Waals surface area contributed by atoms with Crippen molar-refractivity contribution in [1.29, 1.82) is 0 Å². The van der Waals surface area contributed by atoms with Gasteiger partial charge in [0.05, 0.1) is 24.8 Å². The van der Waals surface area contributed by atoms with Gasteiger partial charge in [-0.3, -0.25) is 0 Å². The first-order chi connectivity index (χ1) is 12.3. The third-order valence-corrected chi connectivity index (χ3v) is 4.16. The zero-order valence-corrected chi connectivity index (χ0v) is 14.2. The normalized spacial score (nSPS) is 17.1. The first-order valence-electron chi connectivity index (χ1n) is 8.35. The zero-order valence-electron chi connectivity index (χ0n) is 14.2. The van der Waals surface area contributed by atoms with Gasteiger partial charge in [0.1, 0.15) is 11.9 Å². The minimum absolute atomic E-state index is 0.120.